The molecule has 1 unspecified atom stereocenters. The van der Waals surface area contributed by atoms with Crippen molar-refractivity contribution in [3.8, 4) is 0 Å². The molecule has 0 radical (unpaired) electrons. The number of nitrogens with zero attached hydrogens (tertiary/aromatic N) is 2. The molecule has 1 aromatic rings. The number of aryl methyl sites for hydroxylation is 1. The lowest BCUT2D eigenvalue weighted by atomic mass is 10.0. The maximum atomic E-state index is 4.74. The summed E-state index contributed by atoms with van der Waals surface area (Å²) in [6.45, 7) is 3.53. The summed E-state index contributed by atoms with van der Waals surface area (Å²) in [5.74, 6) is 0. The van der Waals surface area contributed by atoms with Gasteiger partial charge in [-0.2, -0.15) is 0 Å². The van der Waals surface area contributed by atoms with Gasteiger partial charge in [-0.25, -0.2) is 0 Å². The minimum atomic E-state index is 0.599. The molecular weight excluding hydrogens is 364 g/mol. The molecule has 2 heterocycles. The van der Waals surface area contributed by atoms with Gasteiger partial charge in [-0.1, -0.05) is 109 Å². The highest BCUT2D eigenvalue weighted by molar-refractivity contribution is 5.19. The zero-order valence-corrected chi connectivity index (χ0v) is 20.3. The maximum absolute atomic E-state index is 4.74. The summed E-state index contributed by atoms with van der Waals surface area (Å²) in [5.41, 5.74) is 2.69. The highest BCUT2D eigenvalue weighted by Crippen LogP contribution is 2.29. The van der Waals surface area contributed by atoms with Crippen LogP contribution >= 0.6 is 0 Å². The van der Waals surface area contributed by atoms with Crippen molar-refractivity contribution < 1.29 is 0 Å². The van der Waals surface area contributed by atoms with Gasteiger partial charge in [0.2, 0.25) is 0 Å². The summed E-state index contributed by atoms with van der Waals surface area (Å²) in [7, 11) is 2.24. The zero-order valence-electron chi connectivity index (χ0n) is 20.3. The Morgan fingerprint density at radius 2 is 1.30 bits per heavy atom. The maximum Gasteiger partial charge on any atom is 0.0403 e. The van der Waals surface area contributed by atoms with Crippen LogP contribution in [0.5, 0.6) is 0 Å². The quantitative estimate of drug-likeness (QED) is 0.223. The van der Waals surface area contributed by atoms with Crippen molar-refractivity contribution in [2.75, 3.05) is 13.6 Å². The van der Waals surface area contributed by atoms with Crippen LogP contribution in [-0.4, -0.2) is 23.5 Å². The van der Waals surface area contributed by atoms with Crippen LogP contribution in [0.3, 0.4) is 0 Å². The fourth-order valence-electron chi connectivity index (χ4n) is 4.97. The van der Waals surface area contributed by atoms with Crippen molar-refractivity contribution in [3.63, 3.8) is 0 Å². The molecule has 30 heavy (non-hydrogen) atoms. The van der Waals surface area contributed by atoms with Crippen LogP contribution in [0.2, 0.25) is 0 Å². The fourth-order valence-corrected chi connectivity index (χ4v) is 4.97. The first-order chi connectivity index (χ1) is 14.8. The Labute approximate surface area is 188 Å². The van der Waals surface area contributed by atoms with E-state index in [2.05, 4.69) is 37.2 Å². The van der Waals surface area contributed by atoms with Crippen molar-refractivity contribution >= 4 is 0 Å². The monoisotopic (exact) mass is 414 g/mol. The topological polar surface area (TPSA) is 16.1 Å². The van der Waals surface area contributed by atoms with E-state index in [0.717, 1.165) is 6.42 Å². The summed E-state index contributed by atoms with van der Waals surface area (Å²) >= 11 is 0. The van der Waals surface area contributed by atoms with E-state index in [1.807, 2.05) is 0 Å². The first-order valence-electron chi connectivity index (χ1n) is 13.5. The summed E-state index contributed by atoms with van der Waals surface area (Å²) in [5, 5.41) is 0. The standard InChI is InChI=1S/C28H50N2/c1-3-4-5-6-7-8-9-10-11-12-13-14-15-16-17-18-20-27-23-22-26(25-29-27)28-21-19-24-30(28)2/h22-23,25,28H,3-21,24H2,1-2H3. The van der Waals surface area contributed by atoms with E-state index in [0.29, 0.717) is 6.04 Å². The van der Waals surface area contributed by atoms with E-state index in [4.69, 9.17) is 4.98 Å². The average molecular weight is 415 g/mol. The number of unbranched alkanes of at least 4 members (excludes halogenated alkanes) is 15. The van der Waals surface area contributed by atoms with Crippen molar-refractivity contribution in [2.24, 2.45) is 0 Å². The Bertz CT molecular complexity index is 510. The van der Waals surface area contributed by atoms with Gasteiger partial charge in [-0.05, 0) is 50.9 Å². The van der Waals surface area contributed by atoms with Crippen LogP contribution in [-0.2, 0) is 6.42 Å². The van der Waals surface area contributed by atoms with Gasteiger partial charge in [0.05, 0.1) is 0 Å². The molecule has 1 aromatic heterocycles. The number of hydrogen-bond acceptors (Lipinski definition) is 2. The second-order valence-corrected chi connectivity index (χ2v) is 9.77. The van der Waals surface area contributed by atoms with Gasteiger partial charge in [0.25, 0.3) is 0 Å². The van der Waals surface area contributed by atoms with E-state index >= 15 is 0 Å². The van der Waals surface area contributed by atoms with Crippen molar-refractivity contribution in [1.29, 1.82) is 0 Å². The molecule has 1 aliphatic heterocycles. The van der Waals surface area contributed by atoms with Crippen molar-refractivity contribution in [2.45, 2.75) is 135 Å². The molecule has 0 N–H and O–H groups in total. The Balaban J connectivity index is 1.35. The van der Waals surface area contributed by atoms with Gasteiger partial charge < -0.3 is 0 Å². The predicted molar refractivity (Wildman–Crippen MR) is 132 cm³/mol. The van der Waals surface area contributed by atoms with Gasteiger partial charge in [0.1, 0.15) is 0 Å². The summed E-state index contributed by atoms with van der Waals surface area (Å²) in [6.07, 6.45) is 28.8. The number of likely N-dealkylation sites (tertiary alicyclic amines) is 1. The molecule has 0 bridgehead atoms. The van der Waals surface area contributed by atoms with Crippen LogP contribution in [0.4, 0.5) is 0 Å². The lowest BCUT2D eigenvalue weighted by molar-refractivity contribution is 0.317. The lowest BCUT2D eigenvalue weighted by Crippen LogP contribution is -2.17. The van der Waals surface area contributed by atoms with Crippen molar-refractivity contribution in [1.82, 2.24) is 9.88 Å². The van der Waals surface area contributed by atoms with Gasteiger partial charge in [0.15, 0.2) is 0 Å². The van der Waals surface area contributed by atoms with E-state index in [1.165, 1.54) is 133 Å². The van der Waals surface area contributed by atoms with Crippen molar-refractivity contribution in [3.05, 3.63) is 29.6 Å². The third kappa shape index (κ3) is 10.9. The highest BCUT2D eigenvalue weighted by atomic mass is 15.1. The van der Waals surface area contributed by atoms with E-state index in [-0.39, 0.29) is 0 Å². The third-order valence-corrected chi connectivity index (χ3v) is 7.04. The molecule has 1 aliphatic rings. The molecule has 2 heteroatoms. The van der Waals surface area contributed by atoms with E-state index in [9.17, 15) is 0 Å². The van der Waals surface area contributed by atoms with Crippen LogP contribution < -0.4 is 0 Å². The van der Waals surface area contributed by atoms with Crippen LogP contribution in [0.1, 0.15) is 140 Å². The number of hydrogen-bond donors (Lipinski definition) is 0. The van der Waals surface area contributed by atoms with E-state index in [1.54, 1.807) is 0 Å². The zero-order chi connectivity index (χ0) is 21.3. The Morgan fingerprint density at radius 3 is 1.73 bits per heavy atom. The van der Waals surface area contributed by atoms with Gasteiger partial charge >= 0.3 is 0 Å². The number of rotatable bonds is 18. The molecule has 1 fully saturated rings. The molecule has 0 amide bonds. The van der Waals surface area contributed by atoms with Gasteiger partial charge in [-0.15, -0.1) is 0 Å². The molecule has 1 atom stereocenters. The minimum Gasteiger partial charge on any atom is -0.299 e. The smallest absolute Gasteiger partial charge is 0.0403 e. The molecule has 0 spiro atoms. The minimum absolute atomic E-state index is 0.599. The van der Waals surface area contributed by atoms with Crippen LogP contribution in [0.25, 0.3) is 0 Å². The molecule has 0 aliphatic carbocycles. The molecule has 0 aromatic carbocycles. The van der Waals surface area contributed by atoms with E-state index < -0.39 is 0 Å². The van der Waals surface area contributed by atoms with Crippen LogP contribution in [0.15, 0.2) is 18.3 Å². The predicted octanol–water partition coefficient (Wildman–Crippen LogP) is 8.65. The first kappa shape index (κ1) is 25.4. The van der Waals surface area contributed by atoms with Crippen LogP contribution in [0, 0.1) is 0 Å². The molecular formula is C28H50N2. The Kier molecular flexibility index (Phi) is 14.2. The SMILES string of the molecule is CCCCCCCCCCCCCCCCCCc1ccc(C2CCCN2C)cn1. The first-order valence-corrected chi connectivity index (χ1v) is 13.5. The molecule has 0 saturated carbocycles. The second-order valence-electron chi connectivity index (χ2n) is 9.77. The van der Waals surface area contributed by atoms with Gasteiger partial charge in [0, 0.05) is 17.9 Å². The Hall–Kier alpha value is -0.890. The largest absolute Gasteiger partial charge is 0.299 e. The highest BCUT2D eigenvalue weighted by Gasteiger charge is 2.22. The molecule has 1 saturated heterocycles. The number of pyridine rings is 1. The normalized spacial score (nSPS) is 17.1. The summed E-state index contributed by atoms with van der Waals surface area (Å²) in [4.78, 5) is 7.20. The molecule has 2 nitrogen and oxygen atoms in total. The molecule has 172 valence electrons. The third-order valence-electron chi connectivity index (χ3n) is 7.04. The summed E-state index contributed by atoms with van der Waals surface area (Å²) in [6, 6.07) is 5.19. The Morgan fingerprint density at radius 1 is 0.767 bits per heavy atom. The summed E-state index contributed by atoms with van der Waals surface area (Å²) < 4.78 is 0. The fraction of sp³-hybridized carbons (Fsp3) is 0.821. The lowest BCUT2D eigenvalue weighted by Gasteiger charge is -2.19. The molecule has 2 rings (SSSR count). The average Bonchev–Trinajstić information content (AvgIpc) is 3.20. The van der Waals surface area contributed by atoms with Gasteiger partial charge in [-0.3, -0.25) is 9.88 Å². The second kappa shape index (κ2) is 16.8. The number of aromatic nitrogens is 1.